The minimum Gasteiger partial charge on any atom is -0.368 e. The highest BCUT2D eigenvalue weighted by Crippen LogP contribution is 1.91. The number of carbonyl (C=O) groups is 2. The van der Waals surface area contributed by atoms with Crippen LogP contribution in [-0.2, 0) is 9.59 Å². The van der Waals surface area contributed by atoms with Gasteiger partial charge in [-0.15, -0.1) is 0 Å². The van der Waals surface area contributed by atoms with Gasteiger partial charge >= 0.3 is 0 Å². The van der Waals surface area contributed by atoms with Crippen LogP contribution in [0.4, 0.5) is 0 Å². The largest absolute Gasteiger partial charge is 0.368 e. The number of hydrogen-bond acceptors (Lipinski definition) is 3. The zero-order chi connectivity index (χ0) is 11.8. The first-order valence-corrected chi connectivity index (χ1v) is 5.32. The number of nitrogens with two attached hydrogens (primary N) is 1. The molecule has 15 heavy (non-hydrogen) atoms. The van der Waals surface area contributed by atoms with Gasteiger partial charge in [0.25, 0.3) is 0 Å². The molecule has 1 unspecified atom stereocenters. The summed E-state index contributed by atoms with van der Waals surface area (Å²) < 4.78 is 0. The fourth-order valence-corrected chi connectivity index (χ4v) is 1.18. The third-order valence-electron chi connectivity index (χ3n) is 2.35. The van der Waals surface area contributed by atoms with E-state index in [1.165, 1.54) is 0 Å². The van der Waals surface area contributed by atoms with Crippen LogP contribution in [0.1, 0.15) is 27.2 Å². The molecule has 0 spiro atoms. The Labute approximate surface area is 91.0 Å². The molecule has 2 amide bonds. The van der Waals surface area contributed by atoms with Crippen molar-refractivity contribution in [3.8, 4) is 0 Å². The lowest BCUT2D eigenvalue weighted by molar-refractivity contribution is -0.127. The highest BCUT2D eigenvalue weighted by Gasteiger charge is 2.12. The van der Waals surface area contributed by atoms with Crippen molar-refractivity contribution in [2.24, 2.45) is 5.73 Å². The van der Waals surface area contributed by atoms with E-state index in [0.717, 1.165) is 13.1 Å². The predicted octanol–water partition coefficient (Wildman–Crippen LogP) is -0.292. The number of nitrogens with one attached hydrogen (secondary N) is 1. The number of rotatable bonds is 7. The Morgan fingerprint density at radius 3 is 2.27 bits per heavy atom. The van der Waals surface area contributed by atoms with Gasteiger partial charge in [0, 0.05) is 13.0 Å². The van der Waals surface area contributed by atoms with Gasteiger partial charge in [-0.05, 0) is 20.0 Å². The van der Waals surface area contributed by atoms with Crippen molar-refractivity contribution in [3.05, 3.63) is 0 Å². The van der Waals surface area contributed by atoms with E-state index in [1.807, 2.05) is 13.8 Å². The summed E-state index contributed by atoms with van der Waals surface area (Å²) in [7, 11) is 0. The summed E-state index contributed by atoms with van der Waals surface area (Å²) in [6, 6.07) is -0.589. The van der Waals surface area contributed by atoms with Crippen molar-refractivity contribution in [1.29, 1.82) is 0 Å². The van der Waals surface area contributed by atoms with Crippen LogP contribution in [0.15, 0.2) is 0 Å². The van der Waals surface area contributed by atoms with Crippen LogP contribution in [0.2, 0.25) is 0 Å². The van der Waals surface area contributed by atoms with Crippen LogP contribution >= 0.6 is 0 Å². The Morgan fingerprint density at radius 2 is 1.87 bits per heavy atom. The lowest BCUT2D eigenvalue weighted by Gasteiger charge is -2.18. The first-order valence-electron chi connectivity index (χ1n) is 5.32. The van der Waals surface area contributed by atoms with E-state index in [0.29, 0.717) is 13.0 Å². The van der Waals surface area contributed by atoms with Crippen molar-refractivity contribution >= 4 is 11.8 Å². The van der Waals surface area contributed by atoms with Crippen molar-refractivity contribution in [3.63, 3.8) is 0 Å². The molecule has 0 aromatic heterocycles. The summed E-state index contributed by atoms with van der Waals surface area (Å²) in [6.07, 6.45) is 0.402. The summed E-state index contributed by atoms with van der Waals surface area (Å²) in [4.78, 5) is 24.2. The minimum absolute atomic E-state index is 0.131. The second-order valence-electron chi connectivity index (χ2n) is 3.47. The fourth-order valence-electron chi connectivity index (χ4n) is 1.18. The molecule has 88 valence electrons. The zero-order valence-electron chi connectivity index (χ0n) is 9.75. The molecule has 0 aromatic rings. The van der Waals surface area contributed by atoms with E-state index in [9.17, 15) is 9.59 Å². The van der Waals surface area contributed by atoms with Gasteiger partial charge in [0.1, 0.15) is 6.04 Å². The smallest absolute Gasteiger partial charge is 0.239 e. The molecular formula is C10H21N3O2. The molecule has 0 heterocycles. The lowest BCUT2D eigenvalue weighted by atomic mass is 10.3. The number of primary amides is 1. The van der Waals surface area contributed by atoms with Crippen molar-refractivity contribution in [2.45, 2.75) is 33.2 Å². The first-order chi connectivity index (χ1) is 7.01. The summed E-state index contributed by atoms with van der Waals surface area (Å²) in [5, 5.41) is 2.54. The number of carbonyl (C=O) groups excluding carboxylic acids is 2. The average Bonchev–Trinajstić information content (AvgIpc) is 2.19. The zero-order valence-corrected chi connectivity index (χ0v) is 9.75. The molecule has 0 bridgehead atoms. The third-order valence-corrected chi connectivity index (χ3v) is 2.35. The third kappa shape index (κ3) is 6.06. The van der Waals surface area contributed by atoms with Crippen LogP contribution in [0.5, 0.6) is 0 Å². The maximum Gasteiger partial charge on any atom is 0.239 e. The molecule has 0 rings (SSSR count). The topological polar surface area (TPSA) is 75.4 Å². The monoisotopic (exact) mass is 215 g/mol. The first kappa shape index (κ1) is 13.9. The molecule has 0 aliphatic rings. The van der Waals surface area contributed by atoms with Gasteiger partial charge in [-0.2, -0.15) is 0 Å². The van der Waals surface area contributed by atoms with E-state index in [1.54, 1.807) is 6.92 Å². The Bertz CT molecular complexity index is 215. The lowest BCUT2D eigenvalue weighted by Crippen LogP contribution is -2.43. The fraction of sp³-hybridized carbons (Fsp3) is 0.800. The highest BCUT2D eigenvalue weighted by atomic mass is 16.2. The molecular weight excluding hydrogens is 194 g/mol. The highest BCUT2D eigenvalue weighted by molar-refractivity contribution is 5.86. The maximum atomic E-state index is 11.3. The average molecular weight is 215 g/mol. The van der Waals surface area contributed by atoms with Gasteiger partial charge in [0.15, 0.2) is 0 Å². The molecule has 0 saturated heterocycles. The van der Waals surface area contributed by atoms with Crippen LogP contribution in [0.3, 0.4) is 0 Å². The van der Waals surface area contributed by atoms with Gasteiger partial charge in [-0.3, -0.25) is 9.59 Å². The minimum atomic E-state index is -0.589. The molecule has 0 aromatic carbocycles. The SMILES string of the molecule is CCN(CC)CCC(=O)NC(C)C(N)=O. The second kappa shape index (κ2) is 7.23. The quantitative estimate of drug-likeness (QED) is 0.612. The molecule has 0 radical (unpaired) electrons. The predicted molar refractivity (Wildman–Crippen MR) is 59.2 cm³/mol. The molecule has 0 aliphatic heterocycles. The van der Waals surface area contributed by atoms with Crippen LogP contribution in [0.25, 0.3) is 0 Å². The second-order valence-corrected chi connectivity index (χ2v) is 3.47. The van der Waals surface area contributed by atoms with E-state index in [4.69, 9.17) is 5.73 Å². The van der Waals surface area contributed by atoms with Crippen molar-refractivity contribution in [1.82, 2.24) is 10.2 Å². The van der Waals surface area contributed by atoms with Crippen molar-refractivity contribution in [2.75, 3.05) is 19.6 Å². The molecule has 0 saturated carbocycles. The molecule has 0 aliphatic carbocycles. The number of amides is 2. The van der Waals surface area contributed by atoms with E-state index in [-0.39, 0.29) is 5.91 Å². The molecule has 5 nitrogen and oxygen atoms in total. The summed E-state index contributed by atoms with van der Waals surface area (Å²) in [5.74, 6) is -0.639. The van der Waals surface area contributed by atoms with Gasteiger partial charge in [0.05, 0.1) is 0 Å². The summed E-state index contributed by atoms with van der Waals surface area (Å²) >= 11 is 0. The van der Waals surface area contributed by atoms with Gasteiger partial charge < -0.3 is 16.0 Å². The van der Waals surface area contributed by atoms with Crippen LogP contribution in [0, 0.1) is 0 Å². The van der Waals surface area contributed by atoms with E-state index in [2.05, 4.69) is 10.2 Å². The van der Waals surface area contributed by atoms with Crippen LogP contribution < -0.4 is 11.1 Å². The van der Waals surface area contributed by atoms with Crippen molar-refractivity contribution < 1.29 is 9.59 Å². The molecule has 1 atom stereocenters. The van der Waals surface area contributed by atoms with Gasteiger partial charge in [0.2, 0.25) is 11.8 Å². The van der Waals surface area contributed by atoms with Gasteiger partial charge in [-0.1, -0.05) is 13.8 Å². The Balaban J connectivity index is 3.79. The number of nitrogens with zero attached hydrogens (tertiary/aromatic N) is 1. The summed E-state index contributed by atoms with van der Waals surface area (Å²) in [6.45, 7) is 8.24. The Hall–Kier alpha value is -1.10. The van der Waals surface area contributed by atoms with E-state index >= 15 is 0 Å². The number of hydrogen-bond donors (Lipinski definition) is 2. The maximum absolute atomic E-state index is 11.3. The molecule has 0 fully saturated rings. The Morgan fingerprint density at radius 1 is 1.33 bits per heavy atom. The summed E-state index contributed by atoms with van der Waals surface area (Å²) in [5.41, 5.74) is 5.03. The van der Waals surface area contributed by atoms with Gasteiger partial charge in [-0.25, -0.2) is 0 Å². The molecule has 5 heteroatoms. The van der Waals surface area contributed by atoms with E-state index < -0.39 is 11.9 Å². The molecule has 3 N–H and O–H groups in total. The normalized spacial score (nSPS) is 12.5. The standard InChI is InChI=1S/C10H21N3O2/c1-4-13(5-2)7-6-9(14)12-8(3)10(11)15/h8H,4-7H2,1-3H3,(H2,11,15)(H,12,14). The van der Waals surface area contributed by atoms with Crippen LogP contribution in [-0.4, -0.2) is 42.4 Å². The Kier molecular flexibility index (Phi) is 6.70.